The first-order valence-corrected chi connectivity index (χ1v) is 12.8. The van der Waals surface area contributed by atoms with Crippen molar-refractivity contribution in [2.45, 2.75) is 49.9 Å². The van der Waals surface area contributed by atoms with Gasteiger partial charge in [0.15, 0.2) is 9.84 Å². The third-order valence-corrected chi connectivity index (χ3v) is 6.89. The molecule has 7 nitrogen and oxygen atoms in total. The molecule has 0 spiro atoms. The Morgan fingerprint density at radius 3 is 2.53 bits per heavy atom. The van der Waals surface area contributed by atoms with Crippen molar-refractivity contribution in [2.24, 2.45) is 0 Å². The smallest absolute Gasteiger partial charge is 0.175 e. The summed E-state index contributed by atoms with van der Waals surface area (Å²) < 4.78 is 31.6. The van der Waals surface area contributed by atoms with Crippen molar-refractivity contribution in [1.82, 2.24) is 14.5 Å². The van der Waals surface area contributed by atoms with Crippen LogP contribution in [0.25, 0.3) is 16.7 Å². The number of hydrogen-bond acceptors (Lipinski definition) is 6. The lowest BCUT2D eigenvalue weighted by Gasteiger charge is -2.35. The van der Waals surface area contributed by atoms with Gasteiger partial charge < -0.3 is 19.3 Å². The molecule has 0 aliphatic carbocycles. The van der Waals surface area contributed by atoms with Gasteiger partial charge in [-0.3, -0.25) is 0 Å². The van der Waals surface area contributed by atoms with Crippen LogP contribution in [0.5, 0.6) is 0 Å². The summed E-state index contributed by atoms with van der Waals surface area (Å²) in [5.74, 6) is 0.774. The van der Waals surface area contributed by atoms with Gasteiger partial charge in [0.2, 0.25) is 0 Å². The molecule has 1 aliphatic rings. The molecule has 0 bridgehead atoms. The van der Waals surface area contributed by atoms with Crippen LogP contribution in [0.3, 0.4) is 0 Å². The molecule has 32 heavy (non-hydrogen) atoms. The van der Waals surface area contributed by atoms with Crippen LogP contribution in [0.1, 0.15) is 32.3 Å². The topological polar surface area (TPSA) is 84.7 Å². The van der Waals surface area contributed by atoms with Crippen LogP contribution in [0.4, 0.5) is 0 Å². The number of sulfone groups is 1. The molecular formula is C24H31N3O4S. The zero-order valence-corrected chi connectivity index (χ0v) is 19.7. The number of hydrogen-bond donors (Lipinski definition) is 1. The molecule has 0 amide bonds. The minimum atomic E-state index is -3.23. The maximum atomic E-state index is 11.8. The number of fused-ring (bicyclic) bond motifs is 1. The minimum Gasteiger partial charge on any atom is -0.389 e. The van der Waals surface area contributed by atoms with Gasteiger partial charge in [-0.25, -0.2) is 13.4 Å². The SMILES string of the molecule is CC(C)(O)CN1CCC(OCc2ccc(-n3ccc4cc(S(C)(=O)=O)ccc43)nc2)CC1. The summed E-state index contributed by atoms with van der Waals surface area (Å²) in [6.07, 6.45) is 7.10. The Morgan fingerprint density at radius 2 is 1.91 bits per heavy atom. The van der Waals surface area contributed by atoms with Gasteiger partial charge in [-0.05, 0) is 62.6 Å². The number of β-amino-alcohol motifs (C(OH)–C–C–N with tert-alkyl or cyclic N) is 1. The summed E-state index contributed by atoms with van der Waals surface area (Å²) in [6.45, 7) is 6.77. The summed E-state index contributed by atoms with van der Waals surface area (Å²) in [7, 11) is -3.23. The predicted molar refractivity (Wildman–Crippen MR) is 125 cm³/mol. The van der Waals surface area contributed by atoms with Gasteiger partial charge in [-0.2, -0.15) is 0 Å². The fourth-order valence-corrected chi connectivity index (χ4v) is 4.85. The summed E-state index contributed by atoms with van der Waals surface area (Å²) in [5.41, 5.74) is 1.26. The van der Waals surface area contributed by atoms with Crippen molar-refractivity contribution in [3.05, 3.63) is 54.4 Å². The standard InChI is InChI=1S/C24H31N3O4S/c1-24(2,28)17-26-11-9-20(10-12-26)31-16-18-4-7-23(25-15-18)27-13-8-19-14-21(32(3,29)30)5-6-22(19)27/h4-8,13-15,20,28H,9-12,16-17H2,1-3H3. The molecule has 2 aromatic heterocycles. The molecule has 0 unspecified atom stereocenters. The summed E-state index contributed by atoms with van der Waals surface area (Å²) >= 11 is 0. The molecule has 8 heteroatoms. The number of pyridine rings is 1. The Labute approximate surface area is 189 Å². The summed E-state index contributed by atoms with van der Waals surface area (Å²) in [4.78, 5) is 7.19. The first-order valence-electron chi connectivity index (χ1n) is 10.9. The lowest BCUT2D eigenvalue weighted by molar-refractivity contribution is -0.0243. The molecule has 0 radical (unpaired) electrons. The van der Waals surface area contributed by atoms with E-state index in [-0.39, 0.29) is 6.10 Å². The van der Waals surface area contributed by atoms with Crippen molar-refractivity contribution in [1.29, 1.82) is 0 Å². The van der Waals surface area contributed by atoms with Crippen LogP contribution in [-0.4, -0.2) is 65.6 Å². The van der Waals surface area contributed by atoms with Gasteiger partial charge in [0, 0.05) is 43.7 Å². The minimum absolute atomic E-state index is 0.227. The maximum Gasteiger partial charge on any atom is 0.175 e. The highest BCUT2D eigenvalue weighted by molar-refractivity contribution is 7.90. The number of aromatic nitrogens is 2. The van der Waals surface area contributed by atoms with Crippen LogP contribution < -0.4 is 0 Å². The van der Waals surface area contributed by atoms with E-state index < -0.39 is 15.4 Å². The van der Waals surface area contributed by atoms with Crippen LogP contribution in [-0.2, 0) is 21.2 Å². The Balaban J connectivity index is 1.36. The van der Waals surface area contributed by atoms with Crippen molar-refractivity contribution in [3.63, 3.8) is 0 Å². The molecule has 1 saturated heterocycles. The highest BCUT2D eigenvalue weighted by atomic mass is 32.2. The first-order chi connectivity index (χ1) is 15.1. The zero-order chi connectivity index (χ0) is 22.9. The van der Waals surface area contributed by atoms with Gasteiger partial charge in [0.05, 0.1) is 28.7 Å². The van der Waals surface area contributed by atoms with Crippen molar-refractivity contribution in [3.8, 4) is 5.82 Å². The van der Waals surface area contributed by atoms with E-state index in [0.29, 0.717) is 18.0 Å². The molecule has 1 aromatic carbocycles. The number of benzene rings is 1. The first kappa shape index (κ1) is 22.9. The Hall–Kier alpha value is -2.26. The average molecular weight is 458 g/mol. The number of likely N-dealkylation sites (tertiary alicyclic amines) is 1. The molecule has 0 saturated carbocycles. The van der Waals surface area contributed by atoms with Crippen LogP contribution in [0, 0.1) is 0 Å². The Morgan fingerprint density at radius 1 is 1.16 bits per heavy atom. The molecule has 3 aromatic rings. The Bertz CT molecular complexity index is 1170. The van der Waals surface area contributed by atoms with Gasteiger partial charge in [-0.1, -0.05) is 6.07 Å². The fourth-order valence-electron chi connectivity index (χ4n) is 4.19. The number of rotatable bonds is 7. The van der Waals surface area contributed by atoms with E-state index in [4.69, 9.17) is 4.74 Å². The van der Waals surface area contributed by atoms with E-state index in [2.05, 4.69) is 9.88 Å². The van der Waals surface area contributed by atoms with Crippen molar-refractivity contribution in [2.75, 3.05) is 25.9 Å². The van der Waals surface area contributed by atoms with E-state index >= 15 is 0 Å². The van der Waals surface area contributed by atoms with E-state index in [1.165, 1.54) is 6.26 Å². The number of piperidine rings is 1. The monoisotopic (exact) mass is 457 g/mol. The highest BCUT2D eigenvalue weighted by Crippen LogP contribution is 2.23. The lowest BCUT2D eigenvalue weighted by atomic mass is 10.0. The highest BCUT2D eigenvalue weighted by Gasteiger charge is 2.24. The lowest BCUT2D eigenvalue weighted by Crippen LogP contribution is -2.44. The molecule has 1 N–H and O–H groups in total. The van der Waals surface area contributed by atoms with Crippen LogP contribution >= 0.6 is 0 Å². The number of nitrogens with zero attached hydrogens (tertiary/aromatic N) is 3. The second kappa shape index (κ2) is 8.94. The van der Waals surface area contributed by atoms with E-state index in [1.807, 2.05) is 55.1 Å². The molecular weight excluding hydrogens is 426 g/mol. The zero-order valence-electron chi connectivity index (χ0n) is 18.9. The average Bonchev–Trinajstić information content (AvgIpc) is 3.15. The molecule has 172 valence electrons. The Kier molecular flexibility index (Phi) is 6.40. The summed E-state index contributed by atoms with van der Waals surface area (Å²) in [5, 5.41) is 10.8. The van der Waals surface area contributed by atoms with E-state index in [1.54, 1.807) is 12.1 Å². The quantitative estimate of drug-likeness (QED) is 0.587. The molecule has 0 atom stereocenters. The normalized spacial score (nSPS) is 16.6. The predicted octanol–water partition coefficient (Wildman–Crippen LogP) is 3.18. The number of aliphatic hydroxyl groups is 1. The molecule has 3 heterocycles. The molecule has 4 rings (SSSR count). The van der Waals surface area contributed by atoms with Gasteiger partial charge in [0.1, 0.15) is 5.82 Å². The van der Waals surface area contributed by atoms with Gasteiger partial charge in [0.25, 0.3) is 0 Å². The van der Waals surface area contributed by atoms with Crippen LogP contribution in [0.15, 0.2) is 53.7 Å². The summed E-state index contributed by atoms with van der Waals surface area (Å²) in [6, 6.07) is 11.0. The van der Waals surface area contributed by atoms with E-state index in [0.717, 1.165) is 48.2 Å². The third-order valence-electron chi connectivity index (χ3n) is 5.78. The second-order valence-corrected chi connectivity index (χ2v) is 11.3. The van der Waals surface area contributed by atoms with Crippen molar-refractivity contribution < 1.29 is 18.3 Å². The van der Waals surface area contributed by atoms with Crippen LogP contribution in [0.2, 0.25) is 0 Å². The number of ether oxygens (including phenoxy) is 1. The maximum absolute atomic E-state index is 11.8. The van der Waals surface area contributed by atoms with Gasteiger partial charge in [-0.15, -0.1) is 0 Å². The van der Waals surface area contributed by atoms with Crippen molar-refractivity contribution >= 4 is 20.7 Å². The second-order valence-electron chi connectivity index (χ2n) is 9.30. The molecule has 1 fully saturated rings. The fraction of sp³-hybridized carbons (Fsp3) is 0.458. The van der Waals surface area contributed by atoms with Gasteiger partial charge >= 0.3 is 0 Å². The molecule has 1 aliphatic heterocycles. The van der Waals surface area contributed by atoms with E-state index in [9.17, 15) is 13.5 Å². The third kappa shape index (κ3) is 5.56. The largest absolute Gasteiger partial charge is 0.389 e.